The molecule has 0 fully saturated rings. The molecular formula is C20H28N4OS. The Morgan fingerprint density at radius 1 is 1.15 bits per heavy atom. The van der Waals surface area contributed by atoms with Gasteiger partial charge in [0.15, 0.2) is 5.16 Å². The Hall–Kier alpha value is -1.82. The zero-order valence-electron chi connectivity index (χ0n) is 16.0. The van der Waals surface area contributed by atoms with Crippen molar-refractivity contribution < 1.29 is 4.79 Å². The first-order chi connectivity index (χ1) is 12.5. The molecule has 2 aromatic rings. The van der Waals surface area contributed by atoms with Crippen LogP contribution in [0.3, 0.4) is 0 Å². The SMILES string of the molecule is Cc1cc(C)c(NC(=O)CCCSc2nnc3n2CCCCC3)c(C)c1. The van der Waals surface area contributed by atoms with Crippen LogP contribution in [0, 0.1) is 20.8 Å². The summed E-state index contributed by atoms with van der Waals surface area (Å²) in [6.45, 7) is 7.19. The predicted octanol–water partition coefficient (Wildman–Crippen LogP) is 4.44. The van der Waals surface area contributed by atoms with Crippen molar-refractivity contribution in [3.8, 4) is 0 Å². The lowest BCUT2D eigenvalue weighted by Gasteiger charge is -2.12. The second-order valence-corrected chi connectivity index (χ2v) is 8.20. The Balaban J connectivity index is 1.47. The van der Waals surface area contributed by atoms with Crippen LogP contribution in [0.5, 0.6) is 0 Å². The zero-order valence-corrected chi connectivity index (χ0v) is 16.8. The summed E-state index contributed by atoms with van der Waals surface area (Å²) in [7, 11) is 0. The van der Waals surface area contributed by atoms with Crippen LogP contribution >= 0.6 is 11.8 Å². The third-order valence-electron chi connectivity index (χ3n) is 4.80. The number of amides is 1. The highest BCUT2D eigenvalue weighted by Gasteiger charge is 2.15. The molecule has 1 N–H and O–H groups in total. The van der Waals surface area contributed by atoms with Gasteiger partial charge in [-0.1, -0.05) is 35.9 Å². The summed E-state index contributed by atoms with van der Waals surface area (Å²) in [6, 6.07) is 4.21. The number of carbonyl (C=O) groups excluding carboxylic acids is 1. The third kappa shape index (κ3) is 4.67. The number of benzene rings is 1. The Morgan fingerprint density at radius 3 is 2.69 bits per heavy atom. The second-order valence-electron chi connectivity index (χ2n) is 7.14. The standard InChI is InChI=1S/C20H28N4OS/c1-14-12-15(2)19(16(3)13-14)21-18(25)9-7-11-26-20-23-22-17-8-5-4-6-10-24(17)20/h12-13H,4-11H2,1-3H3,(H,21,25). The summed E-state index contributed by atoms with van der Waals surface area (Å²) < 4.78 is 2.26. The topological polar surface area (TPSA) is 59.8 Å². The van der Waals surface area contributed by atoms with Crippen molar-refractivity contribution in [1.82, 2.24) is 14.8 Å². The van der Waals surface area contributed by atoms with E-state index in [0.29, 0.717) is 6.42 Å². The quantitative estimate of drug-likeness (QED) is 0.601. The molecule has 0 aliphatic carbocycles. The number of thioether (sulfide) groups is 1. The van der Waals surface area contributed by atoms with E-state index in [4.69, 9.17) is 0 Å². The molecule has 2 heterocycles. The van der Waals surface area contributed by atoms with E-state index in [0.717, 1.165) is 52.9 Å². The van der Waals surface area contributed by atoms with Crippen molar-refractivity contribution in [2.75, 3.05) is 11.1 Å². The Kier molecular flexibility index (Phi) is 6.35. The van der Waals surface area contributed by atoms with Crippen LogP contribution in [0.4, 0.5) is 5.69 Å². The minimum Gasteiger partial charge on any atom is -0.326 e. The molecule has 0 spiro atoms. The highest BCUT2D eigenvalue weighted by Crippen LogP contribution is 2.24. The minimum atomic E-state index is 0.0840. The normalized spacial score (nSPS) is 14.0. The molecule has 0 bridgehead atoms. The van der Waals surface area contributed by atoms with Gasteiger partial charge in [-0.15, -0.1) is 10.2 Å². The van der Waals surface area contributed by atoms with Crippen LogP contribution in [0.1, 0.15) is 54.6 Å². The number of aromatic nitrogens is 3. The zero-order chi connectivity index (χ0) is 18.5. The van der Waals surface area contributed by atoms with E-state index in [1.54, 1.807) is 11.8 Å². The molecule has 140 valence electrons. The average molecular weight is 373 g/mol. The van der Waals surface area contributed by atoms with Crippen LogP contribution in [0.15, 0.2) is 17.3 Å². The number of hydrogen-bond acceptors (Lipinski definition) is 4. The summed E-state index contributed by atoms with van der Waals surface area (Å²) in [4.78, 5) is 12.3. The van der Waals surface area contributed by atoms with E-state index in [9.17, 15) is 4.79 Å². The van der Waals surface area contributed by atoms with Crippen LogP contribution in [0.2, 0.25) is 0 Å². The smallest absolute Gasteiger partial charge is 0.224 e. The molecule has 1 aliphatic heterocycles. The fourth-order valence-electron chi connectivity index (χ4n) is 3.54. The lowest BCUT2D eigenvalue weighted by molar-refractivity contribution is -0.116. The average Bonchev–Trinajstić information content (AvgIpc) is 2.82. The van der Waals surface area contributed by atoms with Crippen molar-refractivity contribution in [1.29, 1.82) is 0 Å². The second kappa shape index (κ2) is 8.71. The first-order valence-corrected chi connectivity index (χ1v) is 10.5. The number of aryl methyl sites for hydroxylation is 4. The maximum absolute atomic E-state index is 12.3. The van der Waals surface area contributed by atoms with Gasteiger partial charge in [0.25, 0.3) is 0 Å². The fraction of sp³-hybridized carbons (Fsp3) is 0.550. The van der Waals surface area contributed by atoms with Crippen LogP contribution in [-0.4, -0.2) is 26.4 Å². The van der Waals surface area contributed by atoms with Gasteiger partial charge in [-0.05, 0) is 51.2 Å². The molecule has 1 aromatic carbocycles. The van der Waals surface area contributed by atoms with Gasteiger partial charge >= 0.3 is 0 Å². The highest BCUT2D eigenvalue weighted by molar-refractivity contribution is 7.99. The number of hydrogen-bond donors (Lipinski definition) is 1. The Labute approximate surface area is 160 Å². The van der Waals surface area contributed by atoms with Gasteiger partial charge in [0.1, 0.15) is 5.82 Å². The van der Waals surface area contributed by atoms with Gasteiger partial charge in [-0.3, -0.25) is 4.79 Å². The number of nitrogens with zero attached hydrogens (tertiary/aromatic N) is 3. The molecule has 0 atom stereocenters. The van der Waals surface area contributed by atoms with Gasteiger partial charge in [-0.25, -0.2) is 0 Å². The third-order valence-corrected chi connectivity index (χ3v) is 5.85. The molecular weight excluding hydrogens is 344 g/mol. The number of anilines is 1. The molecule has 3 rings (SSSR count). The van der Waals surface area contributed by atoms with Crippen LogP contribution in [-0.2, 0) is 17.8 Å². The van der Waals surface area contributed by atoms with E-state index in [2.05, 4.69) is 39.1 Å². The fourth-order valence-corrected chi connectivity index (χ4v) is 4.46. The monoisotopic (exact) mass is 372 g/mol. The molecule has 0 radical (unpaired) electrons. The van der Waals surface area contributed by atoms with Crippen molar-refractivity contribution >= 4 is 23.4 Å². The summed E-state index contributed by atoms with van der Waals surface area (Å²) >= 11 is 1.72. The van der Waals surface area contributed by atoms with Crippen molar-refractivity contribution in [3.63, 3.8) is 0 Å². The maximum atomic E-state index is 12.3. The number of carbonyl (C=O) groups is 1. The summed E-state index contributed by atoms with van der Waals surface area (Å²) in [6.07, 6.45) is 6.08. The highest BCUT2D eigenvalue weighted by atomic mass is 32.2. The molecule has 5 nitrogen and oxygen atoms in total. The molecule has 0 saturated heterocycles. The first kappa shape index (κ1) is 19.0. The number of rotatable bonds is 6. The van der Waals surface area contributed by atoms with Crippen LogP contribution in [0.25, 0.3) is 0 Å². The maximum Gasteiger partial charge on any atom is 0.224 e. The van der Waals surface area contributed by atoms with Crippen molar-refractivity contribution in [2.45, 2.75) is 71.0 Å². The molecule has 6 heteroatoms. The molecule has 1 amide bonds. The molecule has 1 aromatic heterocycles. The summed E-state index contributed by atoms with van der Waals surface area (Å²) in [5.41, 5.74) is 4.42. The van der Waals surface area contributed by atoms with Gasteiger partial charge in [0, 0.05) is 30.8 Å². The van der Waals surface area contributed by atoms with E-state index < -0.39 is 0 Å². The van der Waals surface area contributed by atoms with Gasteiger partial charge in [0.2, 0.25) is 5.91 Å². The number of fused-ring (bicyclic) bond motifs is 1. The Bertz CT molecular complexity index is 761. The van der Waals surface area contributed by atoms with Gasteiger partial charge in [0.05, 0.1) is 0 Å². The number of nitrogens with one attached hydrogen (secondary N) is 1. The molecule has 0 unspecified atom stereocenters. The predicted molar refractivity (Wildman–Crippen MR) is 107 cm³/mol. The minimum absolute atomic E-state index is 0.0840. The molecule has 1 aliphatic rings. The molecule has 0 saturated carbocycles. The van der Waals surface area contributed by atoms with Gasteiger partial charge in [-0.2, -0.15) is 0 Å². The van der Waals surface area contributed by atoms with E-state index >= 15 is 0 Å². The van der Waals surface area contributed by atoms with Crippen molar-refractivity contribution in [3.05, 3.63) is 34.6 Å². The lowest BCUT2D eigenvalue weighted by Crippen LogP contribution is -2.13. The van der Waals surface area contributed by atoms with E-state index in [-0.39, 0.29) is 5.91 Å². The van der Waals surface area contributed by atoms with Crippen LogP contribution < -0.4 is 5.32 Å². The van der Waals surface area contributed by atoms with Crippen molar-refractivity contribution in [2.24, 2.45) is 0 Å². The Morgan fingerprint density at radius 2 is 1.92 bits per heavy atom. The van der Waals surface area contributed by atoms with E-state index in [1.807, 2.05) is 13.8 Å². The summed E-state index contributed by atoms with van der Waals surface area (Å²) in [5.74, 6) is 2.09. The summed E-state index contributed by atoms with van der Waals surface area (Å²) in [5, 5.41) is 12.7. The first-order valence-electron chi connectivity index (χ1n) is 9.47. The van der Waals surface area contributed by atoms with E-state index in [1.165, 1.54) is 24.8 Å². The molecule has 26 heavy (non-hydrogen) atoms. The van der Waals surface area contributed by atoms with Gasteiger partial charge < -0.3 is 9.88 Å². The lowest BCUT2D eigenvalue weighted by atomic mass is 10.0. The largest absolute Gasteiger partial charge is 0.326 e.